The molecule has 2 aromatic carbocycles. The van der Waals surface area contributed by atoms with E-state index in [0.717, 1.165) is 5.56 Å². The molecule has 0 heterocycles. The third-order valence-corrected chi connectivity index (χ3v) is 5.28. The second-order valence-electron chi connectivity index (χ2n) is 6.86. The SMILES string of the molecule is Cc1c(Cl)cccc1N(C(=O)CCl)C(C)(C)C(=O)CCc1ccc(F)cc1. The highest BCUT2D eigenvalue weighted by Crippen LogP contribution is 2.33. The molecule has 0 aliphatic heterocycles. The maximum absolute atomic E-state index is 13.0. The first kappa shape index (κ1) is 21.4. The molecule has 0 N–H and O–H groups in total. The van der Waals surface area contributed by atoms with E-state index in [-0.39, 0.29) is 29.8 Å². The van der Waals surface area contributed by atoms with Crippen LogP contribution in [0.1, 0.15) is 31.4 Å². The smallest absolute Gasteiger partial charge is 0.242 e. The standard InChI is InChI=1S/C21H22Cl2FNO2/c1-14-17(23)5-4-6-18(14)25(20(27)13-22)21(2,3)19(26)12-9-15-7-10-16(24)11-8-15/h4-8,10-11H,9,12-13H2,1-3H3. The highest BCUT2D eigenvalue weighted by molar-refractivity contribution is 6.32. The fourth-order valence-corrected chi connectivity index (χ4v) is 3.27. The van der Waals surface area contributed by atoms with Crippen molar-refractivity contribution in [2.45, 2.75) is 39.2 Å². The van der Waals surface area contributed by atoms with Crippen molar-refractivity contribution >= 4 is 40.6 Å². The van der Waals surface area contributed by atoms with Crippen molar-refractivity contribution in [3.63, 3.8) is 0 Å². The molecule has 2 aromatic rings. The molecular weight excluding hydrogens is 388 g/mol. The molecule has 0 unspecified atom stereocenters. The van der Waals surface area contributed by atoms with Crippen LogP contribution < -0.4 is 4.90 Å². The van der Waals surface area contributed by atoms with Gasteiger partial charge < -0.3 is 0 Å². The molecule has 0 aliphatic rings. The number of amides is 1. The number of aryl methyl sites for hydroxylation is 1. The summed E-state index contributed by atoms with van der Waals surface area (Å²) in [6.45, 7) is 5.20. The summed E-state index contributed by atoms with van der Waals surface area (Å²) in [4.78, 5) is 27.0. The number of halogens is 3. The van der Waals surface area contributed by atoms with Gasteiger partial charge in [0.25, 0.3) is 0 Å². The number of carbonyl (C=O) groups excluding carboxylic acids is 2. The quantitative estimate of drug-likeness (QED) is 0.578. The van der Waals surface area contributed by atoms with Crippen LogP contribution in [0.3, 0.4) is 0 Å². The van der Waals surface area contributed by atoms with E-state index >= 15 is 0 Å². The summed E-state index contributed by atoms with van der Waals surface area (Å²) in [6.07, 6.45) is 0.671. The number of benzene rings is 2. The summed E-state index contributed by atoms with van der Waals surface area (Å²) >= 11 is 12.0. The first-order chi connectivity index (χ1) is 12.7. The predicted molar refractivity (Wildman–Crippen MR) is 108 cm³/mol. The Labute approximate surface area is 169 Å². The number of hydrogen-bond donors (Lipinski definition) is 0. The summed E-state index contributed by atoms with van der Waals surface area (Å²) < 4.78 is 13.0. The zero-order chi connectivity index (χ0) is 20.2. The van der Waals surface area contributed by atoms with Gasteiger partial charge in [0.15, 0.2) is 5.78 Å². The van der Waals surface area contributed by atoms with E-state index in [9.17, 15) is 14.0 Å². The number of rotatable bonds is 7. The Morgan fingerprint density at radius 2 is 1.74 bits per heavy atom. The van der Waals surface area contributed by atoms with Gasteiger partial charge in [0.2, 0.25) is 5.91 Å². The minimum absolute atomic E-state index is 0.121. The Morgan fingerprint density at radius 1 is 1.11 bits per heavy atom. The summed E-state index contributed by atoms with van der Waals surface area (Å²) in [5.74, 6) is -1.06. The lowest BCUT2D eigenvalue weighted by Gasteiger charge is -2.38. The van der Waals surface area contributed by atoms with Crippen molar-refractivity contribution in [3.05, 3.63) is 64.4 Å². The van der Waals surface area contributed by atoms with E-state index in [2.05, 4.69) is 0 Å². The molecule has 2 rings (SSSR count). The minimum atomic E-state index is -1.11. The van der Waals surface area contributed by atoms with Gasteiger partial charge in [0.1, 0.15) is 17.2 Å². The first-order valence-electron chi connectivity index (χ1n) is 8.60. The third kappa shape index (κ3) is 4.88. The van der Waals surface area contributed by atoms with E-state index in [1.165, 1.54) is 17.0 Å². The van der Waals surface area contributed by atoms with Crippen LogP contribution in [0.2, 0.25) is 5.02 Å². The number of carbonyl (C=O) groups is 2. The largest absolute Gasteiger partial charge is 0.298 e. The van der Waals surface area contributed by atoms with Gasteiger partial charge >= 0.3 is 0 Å². The fraction of sp³-hybridized carbons (Fsp3) is 0.333. The van der Waals surface area contributed by atoms with Gasteiger partial charge in [-0.2, -0.15) is 0 Å². The number of hydrogen-bond acceptors (Lipinski definition) is 2. The van der Waals surface area contributed by atoms with E-state index in [4.69, 9.17) is 23.2 Å². The van der Waals surface area contributed by atoms with Crippen LogP contribution in [0.4, 0.5) is 10.1 Å². The van der Waals surface area contributed by atoms with Gasteiger partial charge in [-0.25, -0.2) is 4.39 Å². The molecule has 0 aliphatic carbocycles. The zero-order valence-corrected chi connectivity index (χ0v) is 17.1. The monoisotopic (exact) mass is 409 g/mol. The molecule has 3 nitrogen and oxygen atoms in total. The zero-order valence-electron chi connectivity index (χ0n) is 15.6. The van der Waals surface area contributed by atoms with E-state index < -0.39 is 5.54 Å². The van der Waals surface area contributed by atoms with Gasteiger partial charge in [-0.1, -0.05) is 29.8 Å². The van der Waals surface area contributed by atoms with Crippen LogP contribution in [-0.2, 0) is 16.0 Å². The Hall–Kier alpha value is -1.91. The lowest BCUT2D eigenvalue weighted by Crippen LogP contribution is -2.54. The molecule has 144 valence electrons. The molecule has 0 saturated carbocycles. The van der Waals surface area contributed by atoms with Crippen LogP contribution in [0, 0.1) is 12.7 Å². The summed E-state index contributed by atoms with van der Waals surface area (Å²) in [6, 6.07) is 11.2. The molecule has 1 amide bonds. The van der Waals surface area contributed by atoms with Crippen molar-refractivity contribution in [3.8, 4) is 0 Å². The van der Waals surface area contributed by atoms with Crippen molar-refractivity contribution in [2.24, 2.45) is 0 Å². The Morgan fingerprint density at radius 3 is 2.33 bits per heavy atom. The molecule has 0 saturated heterocycles. The van der Waals surface area contributed by atoms with Crippen molar-refractivity contribution in [2.75, 3.05) is 10.8 Å². The Balaban J connectivity index is 2.29. The van der Waals surface area contributed by atoms with Crippen LogP contribution in [0.5, 0.6) is 0 Å². The number of Topliss-reactive ketones (excluding diaryl/α,β-unsaturated/α-hetero) is 1. The molecule has 6 heteroatoms. The Bertz CT molecular complexity index is 835. The Kier molecular flexibility index (Phi) is 7.01. The average Bonchev–Trinajstić information content (AvgIpc) is 2.64. The van der Waals surface area contributed by atoms with Crippen molar-refractivity contribution in [1.29, 1.82) is 0 Å². The van der Waals surface area contributed by atoms with E-state index in [1.807, 2.05) is 0 Å². The fourth-order valence-electron chi connectivity index (χ4n) is 2.98. The second kappa shape index (κ2) is 8.85. The lowest BCUT2D eigenvalue weighted by atomic mass is 9.90. The first-order valence-corrected chi connectivity index (χ1v) is 9.51. The summed E-state index contributed by atoms with van der Waals surface area (Å²) in [5, 5.41) is 0.509. The van der Waals surface area contributed by atoms with Gasteiger partial charge in [-0.05, 0) is 62.6 Å². The molecule has 0 radical (unpaired) electrons. The van der Waals surface area contributed by atoms with Crippen LogP contribution in [0.25, 0.3) is 0 Å². The highest BCUT2D eigenvalue weighted by Gasteiger charge is 2.38. The van der Waals surface area contributed by atoms with E-state index in [0.29, 0.717) is 22.7 Å². The highest BCUT2D eigenvalue weighted by atomic mass is 35.5. The molecular formula is C21H22Cl2FNO2. The maximum Gasteiger partial charge on any atom is 0.242 e. The molecule has 0 fully saturated rings. The third-order valence-electron chi connectivity index (χ3n) is 4.64. The van der Waals surface area contributed by atoms with Crippen molar-refractivity contribution in [1.82, 2.24) is 0 Å². The van der Waals surface area contributed by atoms with Crippen LogP contribution >= 0.6 is 23.2 Å². The van der Waals surface area contributed by atoms with Gasteiger partial charge in [0.05, 0.1) is 0 Å². The average molecular weight is 410 g/mol. The number of nitrogens with zero attached hydrogens (tertiary/aromatic N) is 1. The lowest BCUT2D eigenvalue weighted by molar-refractivity contribution is -0.127. The molecule has 0 atom stereocenters. The number of ketones is 1. The molecule has 0 bridgehead atoms. The predicted octanol–water partition coefficient (Wildman–Crippen LogP) is 5.34. The minimum Gasteiger partial charge on any atom is -0.298 e. The van der Waals surface area contributed by atoms with Crippen molar-refractivity contribution < 1.29 is 14.0 Å². The number of alkyl halides is 1. The maximum atomic E-state index is 13.0. The normalized spacial score (nSPS) is 11.3. The van der Waals surface area contributed by atoms with Crippen LogP contribution in [0.15, 0.2) is 42.5 Å². The molecule has 27 heavy (non-hydrogen) atoms. The van der Waals surface area contributed by atoms with Gasteiger partial charge in [0, 0.05) is 17.1 Å². The molecule has 0 spiro atoms. The van der Waals surface area contributed by atoms with Gasteiger partial charge in [-0.3, -0.25) is 14.5 Å². The molecule has 0 aromatic heterocycles. The summed E-state index contributed by atoms with van der Waals surface area (Å²) in [7, 11) is 0. The van der Waals surface area contributed by atoms with Crippen LogP contribution in [-0.4, -0.2) is 23.1 Å². The topological polar surface area (TPSA) is 37.4 Å². The summed E-state index contributed by atoms with van der Waals surface area (Å²) in [5.41, 5.74) is 1.02. The van der Waals surface area contributed by atoms with Gasteiger partial charge in [-0.15, -0.1) is 11.6 Å². The second-order valence-corrected chi connectivity index (χ2v) is 7.53. The number of anilines is 1. The van der Waals surface area contributed by atoms with E-state index in [1.54, 1.807) is 51.1 Å².